The van der Waals surface area contributed by atoms with Gasteiger partial charge in [0.05, 0.1) is 0 Å². The Morgan fingerprint density at radius 3 is 2.80 bits per heavy atom. The average Bonchev–Trinajstić information content (AvgIpc) is 2.22. The molecule has 0 spiro atoms. The Morgan fingerprint density at radius 1 is 1.27 bits per heavy atom. The van der Waals surface area contributed by atoms with Crippen LogP contribution in [0.1, 0.15) is 49.7 Å². The molecule has 1 aliphatic rings. The van der Waals surface area contributed by atoms with Crippen LogP contribution in [-0.4, -0.2) is 0 Å². The lowest BCUT2D eigenvalue weighted by Crippen LogP contribution is -2.13. The van der Waals surface area contributed by atoms with Gasteiger partial charge in [-0.05, 0) is 48.8 Å². The molecule has 1 nitrogen and oxygen atoms in total. The minimum Gasteiger partial charge on any atom is -0.399 e. The van der Waals surface area contributed by atoms with Crippen LogP contribution in [-0.2, 0) is 0 Å². The number of nitrogens with two attached hydrogens (primary N) is 1. The van der Waals surface area contributed by atoms with E-state index < -0.39 is 0 Å². The van der Waals surface area contributed by atoms with E-state index in [1.165, 1.54) is 36.8 Å². The highest BCUT2D eigenvalue weighted by molar-refractivity contribution is 5.51. The highest BCUT2D eigenvalue weighted by Gasteiger charge is 2.21. The van der Waals surface area contributed by atoms with E-state index in [2.05, 4.69) is 26.0 Å². The lowest BCUT2D eigenvalue weighted by Gasteiger charge is -2.28. The molecule has 15 heavy (non-hydrogen) atoms. The third-order valence-corrected chi connectivity index (χ3v) is 3.79. The molecule has 0 bridgehead atoms. The topological polar surface area (TPSA) is 26.0 Å². The molecule has 2 atom stereocenters. The molecule has 0 aliphatic heterocycles. The lowest BCUT2D eigenvalue weighted by atomic mass is 9.77. The van der Waals surface area contributed by atoms with Crippen LogP contribution < -0.4 is 5.73 Å². The van der Waals surface area contributed by atoms with E-state index in [0.717, 1.165) is 17.5 Å². The number of rotatable bonds is 1. The molecular formula is C14H21N. The smallest absolute Gasteiger partial charge is 0.0346 e. The molecule has 0 saturated heterocycles. The van der Waals surface area contributed by atoms with Crippen LogP contribution >= 0.6 is 0 Å². The van der Waals surface area contributed by atoms with Gasteiger partial charge in [-0.25, -0.2) is 0 Å². The van der Waals surface area contributed by atoms with Gasteiger partial charge in [-0.2, -0.15) is 0 Å². The Balaban J connectivity index is 2.24. The number of hydrogen-bond donors (Lipinski definition) is 1. The molecule has 2 N–H and O–H groups in total. The summed E-state index contributed by atoms with van der Waals surface area (Å²) in [4.78, 5) is 0. The average molecular weight is 203 g/mol. The fourth-order valence-corrected chi connectivity index (χ4v) is 2.83. The predicted octanol–water partition coefficient (Wildman–Crippen LogP) is 3.87. The monoisotopic (exact) mass is 203 g/mol. The first-order valence-electron chi connectivity index (χ1n) is 6.03. The molecule has 0 heterocycles. The van der Waals surface area contributed by atoms with Crippen molar-refractivity contribution in [2.45, 2.75) is 45.4 Å². The Bertz CT molecular complexity index is 343. The fraction of sp³-hybridized carbons (Fsp3) is 0.571. The van der Waals surface area contributed by atoms with Crippen molar-refractivity contribution in [1.29, 1.82) is 0 Å². The van der Waals surface area contributed by atoms with Crippen molar-refractivity contribution in [3.8, 4) is 0 Å². The van der Waals surface area contributed by atoms with Gasteiger partial charge in [-0.3, -0.25) is 0 Å². The van der Waals surface area contributed by atoms with Gasteiger partial charge in [0.1, 0.15) is 0 Å². The number of hydrogen-bond acceptors (Lipinski definition) is 1. The van der Waals surface area contributed by atoms with Crippen LogP contribution in [0.2, 0.25) is 0 Å². The molecule has 0 aromatic heterocycles. The molecule has 0 unspecified atom stereocenters. The zero-order valence-corrected chi connectivity index (χ0v) is 9.79. The van der Waals surface area contributed by atoms with Crippen molar-refractivity contribution < 1.29 is 0 Å². The summed E-state index contributed by atoms with van der Waals surface area (Å²) in [7, 11) is 0. The van der Waals surface area contributed by atoms with Crippen LogP contribution in [0.25, 0.3) is 0 Å². The number of nitrogen functional groups attached to an aromatic ring is 1. The van der Waals surface area contributed by atoms with Crippen molar-refractivity contribution in [3.05, 3.63) is 29.3 Å². The van der Waals surface area contributed by atoms with Crippen molar-refractivity contribution in [1.82, 2.24) is 0 Å². The molecule has 1 fully saturated rings. The molecule has 0 amide bonds. The van der Waals surface area contributed by atoms with E-state index >= 15 is 0 Å². The second-order valence-electron chi connectivity index (χ2n) is 5.03. The standard InChI is InChI=1S/C14H21N/c1-10-5-3-6-12(9-10)13-7-4-8-14(15)11(13)2/h4,7-8,10,12H,3,5-6,9,15H2,1-2H3/t10-,12-/m0/s1. The summed E-state index contributed by atoms with van der Waals surface area (Å²) in [6.07, 6.45) is 5.46. The molecule has 0 radical (unpaired) electrons. The lowest BCUT2D eigenvalue weighted by molar-refractivity contribution is 0.343. The van der Waals surface area contributed by atoms with Crippen LogP contribution in [0.5, 0.6) is 0 Å². The van der Waals surface area contributed by atoms with Gasteiger partial charge in [0, 0.05) is 5.69 Å². The molecule has 82 valence electrons. The van der Waals surface area contributed by atoms with Gasteiger partial charge in [0.2, 0.25) is 0 Å². The van der Waals surface area contributed by atoms with Crippen LogP contribution in [0.4, 0.5) is 5.69 Å². The van der Waals surface area contributed by atoms with E-state index in [1.54, 1.807) is 0 Å². The summed E-state index contributed by atoms with van der Waals surface area (Å²) in [6.45, 7) is 4.53. The fourth-order valence-electron chi connectivity index (χ4n) is 2.83. The van der Waals surface area contributed by atoms with Gasteiger partial charge in [0.25, 0.3) is 0 Å². The third-order valence-electron chi connectivity index (χ3n) is 3.79. The van der Waals surface area contributed by atoms with E-state index in [-0.39, 0.29) is 0 Å². The number of benzene rings is 1. The first-order valence-corrected chi connectivity index (χ1v) is 6.03. The quantitative estimate of drug-likeness (QED) is 0.689. The molecule has 1 aliphatic carbocycles. The van der Waals surface area contributed by atoms with Crippen LogP contribution in [0.15, 0.2) is 18.2 Å². The molecule has 1 heteroatoms. The van der Waals surface area contributed by atoms with Crippen molar-refractivity contribution in [2.24, 2.45) is 5.92 Å². The molecule has 2 rings (SSSR count). The summed E-state index contributed by atoms with van der Waals surface area (Å²) in [5.41, 5.74) is 9.70. The molecule has 1 aromatic carbocycles. The van der Waals surface area contributed by atoms with E-state index in [1.807, 2.05) is 6.07 Å². The van der Waals surface area contributed by atoms with Gasteiger partial charge < -0.3 is 5.73 Å². The van der Waals surface area contributed by atoms with E-state index in [9.17, 15) is 0 Å². The summed E-state index contributed by atoms with van der Waals surface area (Å²) >= 11 is 0. The minimum absolute atomic E-state index is 0.747. The number of anilines is 1. The van der Waals surface area contributed by atoms with Gasteiger partial charge in [-0.1, -0.05) is 31.9 Å². The van der Waals surface area contributed by atoms with Gasteiger partial charge in [-0.15, -0.1) is 0 Å². The van der Waals surface area contributed by atoms with Gasteiger partial charge in [0.15, 0.2) is 0 Å². The maximum absolute atomic E-state index is 5.96. The summed E-state index contributed by atoms with van der Waals surface area (Å²) in [5.74, 6) is 1.63. The van der Waals surface area contributed by atoms with Crippen molar-refractivity contribution in [2.75, 3.05) is 5.73 Å². The summed E-state index contributed by atoms with van der Waals surface area (Å²) in [6, 6.07) is 6.36. The zero-order chi connectivity index (χ0) is 10.8. The summed E-state index contributed by atoms with van der Waals surface area (Å²) < 4.78 is 0. The Hall–Kier alpha value is -0.980. The van der Waals surface area contributed by atoms with E-state index in [4.69, 9.17) is 5.73 Å². The highest BCUT2D eigenvalue weighted by Crippen LogP contribution is 2.38. The predicted molar refractivity (Wildman–Crippen MR) is 66.0 cm³/mol. The highest BCUT2D eigenvalue weighted by atomic mass is 14.6. The Morgan fingerprint density at radius 2 is 2.07 bits per heavy atom. The second-order valence-corrected chi connectivity index (χ2v) is 5.03. The normalized spacial score (nSPS) is 26.5. The van der Waals surface area contributed by atoms with Crippen LogP contribution in [0, 0.1) is 12.8 Å². The first-order chi connectivity index (χ1) is 7.18. The van der Waals surface area contributed by atoms with Crippen LogP contribution in [0.3, 0.4) is 0 Å². The molecule has 1 saturated carbocycles. The second kappa shape index (κ2) is 4.26. The minimum atomic E-state index is 0.747. The molecule has 1 aromatic rings. The first kappa shape index (κ1) is 10.5. The zero-order valence-electron chi connectivity index (χ0n) is 9.79. The van der Waals surface area contributed by atoms with Gasteiger partial charge >= 0.3 is 0 Å². The van der Waals surface area contributed by atoms with Crippen molar-refractivity contribution in [3.63, 3.8) is 0 Å². The maximum atomic E-state index is 5.96. The molecular weight excluding hydrogens is 182 g/mol. The van der Waals surface area contributed by atoms with Crippen molar-refractivity contribution >= 4 is 5.69 Å². The largest absolute Gasteiger partial charge is 0.399 e. The summed E-state index contributed by atoms with van der Waals surface area (Å²) in [5, 5.41) is 0. The maximum Gasteiger partial charge on any atom is 0.0346 e. The SMILES string of the molecule is Cc1c(N)cccc1[C@H]1CCC[C@H](C)C1. The third kappa shape index (κ3) is 2.17. The van der Waals surface area contributed by atoms with E-state index in [0.29, 0.717) is 0 Å². The Kier molecular flexibility index (Phi) is 2.99. The Labute approximate surface area is 92.7 Å².